The molecular weight excluding hydrogens is 518 g/mol. The summed E-state index contributed by atoms with van der Waals surface area (Å²) in [5.41, 5.74) is -0.400. The third-order valence-electron chi connectivity index (χ3n) is 7.93. The molecule has 0 spiro atoms. The molecule has 9 nitrogen and oxygen atoms in total. The van der Waals surface area contributed by atoms with Gasteiger partial charge in [0.2, 0.25) is 5.91 Å². The number of hydrogen-bond donors (Lipinski definition) is 2. The number of amides is 3. The second kappa shape index (κ2) is 11.1. The molecular formula is C29H35N3O6S. The minimum absolute atomic E-state index is 0.0954. The van der Waals surface area contributed by atoms with Gasteiger partial charge < -0.3 is 25.0 Å². The molecule has 3 aliphatic rings. The lowest BCUT2D eigenvalue weighted by Gasteiger charge is -2.31. The van der Waals surface area contributed by atoms with E-state index in [1.165, 1.54) is 21.1 Å². The Balaban J connectivity index is 1.26. The van der Waals surface area contributed by atoms with E-state index >= 15 is 0 Å². The highest BCUT2D eigenvalue weighted by Gasteiger charge is 2.55. The van der Waals surface area contributed by atoms with Crippen LogP contribution in [0.5, 0.6) is 5.06 Å². The van der Waals surface area contributed by atoms with E-state index in [1.807, 2.05) is 50.2 Å². The number of likely N-dealkylation sites (tertiary alicyclic amines) is 2. The Kier molecular flexibility index (Phi) is 7.77. The summed E-state index contributed by atoms with van der Waals surface area (Å²) < 4.78 is 5.52. The Morgan fingerprint density at radius 1 is 1.10 bits per heavy atom. The maximum Gasteiger partial charge on any atom is 0.414 e. The highest BCUT2D eigenvalue weighted by atomic mass is 32.1. The van der Waals surface area contributed by atoms with Crippen LogP contribution in [0, 0.1) is 5.92 Å². The Hall–Kier alpha value is -3.24. The molecule has 208 valence electrons. The maximum atomic E-state index is 13.7. The molecule has 39 heavy (non-hydrogen) atoms. The number of benzene rings is 1. The summed E-state index contributed by atoms with van der Waals surface area (Å²) >= 11 is 1.33. The number of Topliss-reactive ketones (excluding diaryl/α,β-unsaturated/α-hetero) is 1. The van der Waals surface area contributed by atoms with E-state index in [2.05, 4.69) is 5.32 Å². The van der Waals surface area contributed by atoms with Crippen molar-refractivity contribution in [3.63, 3.8) is 0 Å². The van der Waals surface area contributed by atoms with E-state index in [0.29, 0.717) is 37.3 Å². The zero-order valence-corrected chi connectivity index (χ0v) is 23.1. The molecule has 1 aliphatic carbocycles. The quantitative estimate of drug-likeness (QED) is 0.541. The molecule has 3 amide bonds. The molecule has 3 atom stereocenters. The number of ketones is 1. The van der Waals surface area contributed by atoms with Crippen molar-refractivity contribution >= 4 is 35.0 Å². The standard InChI is InChI=1S/C29H35N3O6S/c1-18(2)16-20(30-28(36)38-24-11-10-23(39-24)19-8-4-3-5-9-19)26(34)31-15-12-21-25(31)22(33)17-32(21)27(35)29(37)13-6-7-14-29/h3-5,8-11,18,20-21,25,37H,6-7,12-17H2,1-2H3,(H,30,36). The molecule has 5 rings (SSSR count). The number of carbonyl (C=O) groups excluding carboxylic acids is 4. The zero-order valence-electron chi connectivity index (χ0n) is 22.3. The fourth-order valence-electron chi connectivity index (χ4n) is 6.07. The van der Waals surface area contributed by atoms with E-state index in [-0.39, 0.29) is 24.2 Å². The number of rotatable bonds is 7. The summed E-state index contributed by atoms with van der Waals surface area (Å²) in [7, 11) is 0. The second-order valence-corrected chi connectivity index (χ2v) is 12.2. The second-order valence-electron chi connectivity index (χ2n) is 11.2. The molecule has 1 aromatic heterocycles. The predicted molar refractivity (Wildman–Crippen MR) is 146 cm³/mol. The van der Waals surface area contributed by atoms with Crippen molar-refractivity contribution in [2.45, 2.75) is 76.1 Å². The Bertz CT molecular complexity index is 1240. The number of nitrogens with one attached hydrogen (secondary N) is 1. The van der Waals surface area contributed by atoms with Gasteiger partial charge in [0.25, 0.3) is 5.91 Å². The lowest BCUT2D eigenvalue weighted by molar-refractivity contribution is -0.152. The van der Waals surface area contributed by atoms with Gasteiger partial charge in [-0.3, -0.25) is 14.4 Å². The summed E-state index contributed by atoms with van der Waals surface area (Å²) in [6.45, 7) is 4.11. The van der Waals surface area contributed by atoms with Crippen LogP contribution in [-0.2, 0) is 14.4 Å². The van der Waals surface area contributed by atoms with E-state index in [4.69, 9.17) is 4.74 Å². The van der Waals surface area contributed by atoms with Gasteiger partial charge in [-0.2, -0.15) is 0 Å². The molecule has 3 fully saturated rings. The summed E-state index contributed by atoms with van der Waals surface area (Å²) in [5.74, 6) is -0.871. The zero-order chi connectivity index (χ0) is 27.7. The van der Waals surface area contributed by atoms with Gasteiger partial charge in [0, 0.05) is 11.4 Å². The van der Waals surface area contributed by atoms with Gasteiger partial charge >= 0.3 is 6.09 Å². The summed E-state index contributed by atoms with van der Waals surface area (Å²) in [6.07, 6.45) is 2.45. The smallest absolute Gasteiger partial charge is 0.399 e. The van der Waals surface area contributed by atoms with Crippen molar-refractivity contribution in [2.75, 3.05) is 13.1 Å². The van der Waals surface area contributed by atoms with E-state index in [9.17, 15) is 24.3 Å². The third kappa shape index (κ3) is 5.58. The number of carbonyl (C=O) groups is 4. The van der Waals surface area contributed by atoms with Crippen molar-refractivity contribution in [1.82, 2.24) is 15.1 Å². The molecule has 1 aromatic carbocycles. The van der Waals surface area contributed by atoms with Crippen molar-refractivity contribution in [1.29, 1.82) is 0 Å². The SMILES string of the molecule is CC(C)CC(NC(=O)Oc1ccc(-c2ccccc2)s1)C(=O)N1CCC2C1C(=O)CN2C(=O)C1(O)CCCC1. The summed E-state index contributed by atoms with van der Waals surface area (Å²) in [5, 5.41) is 14.0. The fraction of sp³-hybridized carbons (Fsp3) is 0.517. The van der Waals surface area contributed by atoms with Crippen LogP contribution in [0.15, 0.2) is 42.5 Å². The van der Waals surface area contributed by atoms with Crippen LogP contribution in [0.1, 0.15) is 52.4 Å². The largest absolute Gasteiger partial charge is 0.414 e. The molecule has 0 bridgehead atoms. The number of fused-ring (bicyclic) bond motifs is 1. The number of ether oxygens (including phenoxy) is 1. The molecule has 2 saturated heterocycles. The van der Waals surface area contributed by atoms with Crippen LogP contribution in [0.25, 0.3) is 10.4 Å². The molecule has 2 aliphatic heterocycles. The average Bonchev–Trinajstić information content (AvgIpc) is 3.70. The van der Waals surface area contributed by atoms with Crippen molar-refractivity contribution in [3.05, 3.63) is 42.5 Å². The van der Waals surface area contributed by atoms with Crippen LogP contribution < -0.4 is 10.1 Å². The van der Waals surface area contributed by atoms with Crippen LogP contribution in [0.3, 0.4) is 0 Å². The highest BCUT2D eigenvalue weighted by molar-refractivity contribution is 7.17. The number of thiophene rings is 1. The van der Waals surface area contributed by atoms with Gasteiger partial charge in [-0.15, -0.1) is 0 Å². The fourth-order valence-corrected chi connectivity index (χ4v) is 6.93. The van der Waals surface area contributed by atoms with Gasteiger partial charge in [0.1, 0.15) is 17.7 Å². The van der Waals surface area contributed by atoms with Gasteiger partial charge in [0.05, 0.1) is 12.6 Å². The lowest BCUT2D eigenvalue weighted by Crippen LogP contribution is -2.54. The van der Waals surface area contributed by atoms with Crippen molar-refractivity contribution < 1.29 is 29.0 Å². The van der Waals surface area contributed by atoms with Gasteiger partial charge in [0.15, 0.2) is 10.8 Å². The normalized spacial score (nSPS) is 22.7. The molecule has 1 saturated carbocycles. The Morgan fingerprint density at radius 3 is 2.51 bits per heavy atom. The monoisotopic (exact) mass is 553 g/mol. The minimum atomic E-state index is -1.42. The number of aliphatic hydroxyl groups is 1. The minimum Gasteiger partial charge on any atom is -0.399 e. The maximum absolute atomic E-state index is 13.7. The third-order valence-corrected chi connectivity index (χ3v) is 8.94. The Morgan fingerprint density at radius 2 is 1.82 bits per heavy atom. The topological polar surface area (TPSA) is 116 Å². The van der Waals surface area contributed by atoms with Gasteiger partial charge in [-0.25, -0.2) is 4.79 Å². The van der Waals surface area contributed by atoms with Crippen LogP contribution in [-0.4, -0.2) is 75.4 Å². The van der Waals surface area contributed by atoms with E-state index < -0.39 is 35.7 Å². The van der Waals surface area contributed by atoms with Gasteiger partial charge in [-0.05, 0) is 62.1 Å². The van der Waals surface area contributed by atoms with Crippen LogP contribution >= 0.6 is 11.3 Å². The van der Waals surface area contributed by atoms with Crippen molar-refractivity contribution in [2.24, 2.45) is 5.92 Å². The van der Waals surface area contributed by atoms with Crippen LogP contribution in [0.4, 0.5) is 4.79 Å². The molecule has 0 radical (unpaired) electrons. The van der Waals surface area contributed by atoms with E-state index in [1.54, 1.807) is 6.07 Å². The molecule has 10 heteroatoms. The Labute approximate surface area is 232 Å². The van der Waals surface area contributed by atoms with Crippen molar-refractivity contribution in [3.8, 4) is 15.5 Å². The highest BCUT2D eigenvalue weighted by Crippen LogP contribution is 2.37. The summed E-state index contributed by atoms with van der Waals surface area (Å²) in [4.78, 5) is 56.7. The average molecular weight is 554 g/mol. The van der Waals surface area contributed by atoms with E-state index in [0.717, 1.165) is 23.3 Å². The first-order valence-corrected chi connectivity index (χ1v) is 14.5. The lowest BCUT2D eigenvalue weighted by atomic mass is 9.99. The first-order chi connectivity index (χ1) is 18.7. The van der Waals surface area contributed by atoms with Crippen LogP contribution in [0.2, 0.25) is 0 Å². The summed E-state index contributed by atoms with van der Waals surface area (Å²) in [6, 6.07) is 11.3. The number of hydrogen-bond acceptors (Lipinski definition) is 7. The predicted octanol–water partition coefficient (Wildman–Crippen LogP) is 3.60. The molecule has 2 aromatic rings. The van der Waals surface area contributed by atoms with Gasteiger partial charge in [-0.1, -0.05) is 55.5 Å². The molecule has 2 N–H and O–H groups in total. The first-order valence-electron chi connectivity index (χ1n) is 13.7. The first kappa shape index (κ1) is 27.3. The molecule has 3 unspecified atom stereocenters. The number of nitrogens with zero attached hydrogens (tertiary/aromatic N) is 2. The molecule has 3 heterocycles.